The average Bonchev–Trinajstić information content (AvgIpc) is 1.56. The van der Waals surface area contributed by atoms with Gasteiger partial charge in [0, 0.05) is 0 Å². The lowest BCUT2D eigenvalue weighted by molar-refractivity contribution is -0.134. The number of hydrogen-bond acceptors (Lipinski definition) is 3. The quantitative estimate of drug-likeness (QED) is 0.662. The molecule has 0 aromatic rings. The first-order valence-corrected chi connectivity index (χ1v) is 4.76. The first-order valence-electron chi connectivity index (χ1n) is 3.11. The Morgan fingerprint density at radius 3 is 1.82 bits per heavy atom. The van der Waals surface area contributed by atoms with E-state index in [4.69, 9.17) is 5.11 Å². The summed E-state index contributed by atoms with van der Waals surface area (Å²) < 4.78 is 21.2. The van der Waals surface area contributed by atoms with Crippen molar-refractivity contribution < 1.29 is 18.3 Å². The molecule has 0 saturated carbocycles. The van der Waals surface area contributed by atoms with Gasteiger partial charge in [0.15, 0.2) is 9.84 Å². The van der Waals surface area contributed by atoms with Gasteiger partial charge in [0.25, 0.3) is 0 Å². The van der Waals surface area contributed by atoms with Crippen molar-refractivity contribution in [3.63, 3.8) is 0 Å². The van der Waals surface area contributed by atoms with Gasteiger partial charge in [-0.2, -0.15) is 0 Å². The molecule has 4 nitrogen and oxygen atoms in total. The molecule has 0 aliphatic rings. The van der Waals surface area contributed by atoms with Gasteiger partial charge < -0.3 is 5.11 Å². The molecule has 0 unspecified atom stereocenters. The van der Waals surface area contributed by atoms with Crippen molar-refractivity contribution in [1.29, 1.82) is 0 Å². The summed E-state index contributed by atoms with van der Waals surface area (Å²) >= 11 is 0. The summed E-state index contributed by atoms with van der Waals surface area (Å²) in [4.78, 5) is 10.1. The van der Waals surface area contributed by atoms with Crippen molar-refractivity contribution in [2.24, 2.45) is 0 Å². The number of carboxylic acids is 1. The Morgan fingerprint density at radius 2 is 1.73 bits per heavy atom. The molecule has 0 bridgehead atoms. The summed E-state index contributed by atoms with van der Waals surface area (Å²) in [5.41, 5.74) is 0. The minimum atomic E-state index is -3.50. The highest BCUT2D eigenvalue weighted by Gasteiger charge is 2.30. The van der Waals surface area contributed by atoms with E-state index in [0.717, 1.165) is 0 Å². The zero-order chi connectivity index (χ0) is 9.28. The maximum absolute atomic E-state index is 11.1. The van der Waals surface area contributed by atoms with E-state index in [1.807, 2.05) is 0 Å². The second-order valence-corrected chi connectivity index (χ2v) is 6.01. The molecule has 0 radical (unpaired) electrons. The molecule has 0 amide bonds. The molecule has 1 N–H and O–H groups in total. The number of aliphatic carboxylic acids is 1. The van der Waals surface area contributed by atoms with Gasteiger partial charge in [-0.05, 0) is 20.8 Å². The maximum atomic E-state index is 11.1. The predicted molar refractivity (Wildman–Crippen MR) is 41.2 cm³/mol. The van der Waals surface area contributed by atoms with Crippen molar-refractivity contribution in [3.05, 3.63) is 0 Å². The molecule has 0 aromatic carbocycles. The minimum absolute atomic E-state index is 0.795. The van der Waals surface area contributed by atoms with Gasteiger partial charge in [0.1, 0.15) is 5.75 Å². The maximum Gasteiger partial charge on any atom is 0.318 e. The van der Waals surface area contributed by atoms with Crippen LogP contribution in [0.5, 0.6) is 0 Å². The molecule has 0 heterocycles. The standard InChI is InChI=1S/C6H12O4S/c1-6(2,3)11(9,10)4-5(7)8/h4H2,1-3H3,(H,7,8). The van der Waals surface area contributed by atoms with E-state index in [2.05, 4.69) is 0 Å². The highest BCUT2D eigenvalue weighted by atomic mass is 32.2. The smallest absolute Gasteiger partial charge is 0.318 e. The predicted octanol–water partition coefficient (Wildman–Crippen LogP) is 0.284. The van der Waals surface area contributed by atoms with E-state index in [0.29, 0.717) is 0 Å². The first kappa shape index (κ1) is 10.4. The molecule has 0 fully saturated rings. The fourth-order valence-electron chi connectivity index (χ4n) is 0.379. The number of carboxylic acid groups (broad SMARTS) is 1. The Hall–Kier alpha value is -0.580. The van der Waals surface area contributed by atoms with Gasteiger partial charge in [-0.15, -0.1) is 0 Å². The SMILES string of the molecule is CC(C)(C)S(=O)(=O)CC(=O)O. The zero-order valence-corrected chi connectivity index (χ0v) is 7.60. The molecule has 0 aliphatic carbocycles. The molecule has 11 heavy (non-hydrogen) atoms. The van der Waals surface area contributed by atoms with Crippen LogP contribution in [0.1, 0.15) is 20.8 Å². The molecule has 0 spiro atoms. The number of rotatable bonds is 2. The summed E-state index contributed by atoms with van der Waals surface area (Å²) in [6.07, 6.45) is 0. The van der Waals surface area contributed by atoms with Crippen molar-refractivity contribution in [1.82, 2.24) is 0 Å². The summed E-state index contributed by atoms with van der Waals surface area (Å²) in [5.74, 6) is -2.10. The van der Waals surface area contributed by atoms with Crippen LogP contribution < -0.4 is 0 Å². The van der Waals surface area contributed by atoms with Crippen molar-refractivity contribution in [2.45, 2.75) is 25.5 Å². The molecule has 0 aliphatic heterocycles. The minimum Gasteiger partial charge on any atom is -0.480 e. The van der Waals surface area contributed by atoms with Crippen LogP contribution in [0.3, 0.4) is 0 Å². The highest BCUT2D eigenvalue weighted by Crippen LogP contribution is 2.15. The van der Waals surface area contributed by atoms with Crippen LogP contribution in [-0.2, 0) is 14.6 Å². The Bertz CT molecular complexity index is 244. The van der Waals surface area contributed by atoms with E-state index < -0.39 is 26.3 Å². The van der Waals surface area contributed by atoms with Gasteiger partial charge in [0.05, 0.1) is 4.75 Å². The van der Waals surface area contributed by atoms with Gasteiger partial charge >= 0.3 is 5.97 Å². The van der Waals surface area contributed by atoms with Gasteiger partial charge in [-0.25, -0.2) is 8.42 Å². The molecular weight excluding hydrogens is 168 g/mol. The van der Waals surface area contributed by atoms with Crippen LogP contribution in [0, 0.1) is 0 Å². The van der Waals surface area contributed by atoms with Crippen LogP contribution in [0.25, 0.3) is 0 Å². The first-order chi connectivity index (χ1) is 4.67. The van der Waals surface area contributed by atoms with E-state index in [1.165, 1.54) is 20.8 Å². The number of sulfone groups is 1. The largest absolute Gasteiger partial charge is 0.480 e. The Kier molecular flexibility index (Phi) is 2.66. The third kappa shape index (κ3) is 2.88. The van der Waals surface area contributed by atoms with Crippen molar-refractivity contribution in [2.75, 3.05) is 5.75 Å². The van der Waals surface area contributed by atoms with E-state index in [1.54, 1.807) is 0 Å². The van der Waals surface area contributed by atoms with E-state index >= 15 is 0 Å². The molecule has 0 aromatic heterocycles. The third-order valence-corrected chi connectivity index (χ3v) is 3.74. The van der Waals surface area contributed by atoms with Gasteiger partial charge in [-0.1, -0.05) is 0 Å². The Morgan fingerprint density at radius 1 is 1.36 bits per heavy atom. The second kappa shape index (κ2) is 2.81. The van der Waals surface area contributed by atoms with Crippen LogP contribution >= 0.6 is 0 Å². The molecule has 0 saturated heterocycles. The second-order valence-electron chi connectivity index (χ2n) is 3.27. The summed E-state index contributed by atoms with van der Waals surface area (Å²) in [5, 5.41) is 8.23. The Labute approximate surface area is 66.1 Å². The van der Waals surface area contributed by atoms with Crippen LogP contribution in [0.4, 0.5) is 0 Å². The number of hydrogen-bond donors (Lipinski definition) is 1. The van der Waals surface area contributed by atoms with Crippen LogP contribution in [-0.4, -0.2) is 30.0 Å². The third-order valence-electron chi connectivity index (χ3n) is 1.25. The topological polar surface area (TPSA) is 71.4 Å². The van der Waals surface area contributed by atoms with Crippen molar-refractivity contribution >= 4 is 15.8 Å². The summed E-state index contributed by atoms with van der Waals surface area (Å²) in [7, 11) is -3.50. The Balaban J connectivity index is 4.64. The average molecular weight is 180 g/mol. The summed E-state index contributed by atoms with van der Waals surface area (Å²) in [6, 6.07) is 0. The number of carbonyl (C=O) groups is 1. The normalized spacial score (nSPS) is 13.0. The molecule has 0 atom stereocenters. The molecular formula is C6H12O4S. The molecule has 5 heteroatoms. The van der Waals surface area contributed by atoms with Gasteiger partial charge in [0.2, 0.25) is 0 Å². The van der Waals surface area contributed by atoms with Crippen LogP contribution in [0.2, 0.25) is 0 Å². The van der Waals surface area contributed by atoms with E-state index in [9.17, 15) is 13.2 Å². The molecule has 66 valence electrons. The monoisotopic (exact) mass is 180 g/mol. The fourth-order valence-corrected chi connectivity index (χ4v) is 1.14. The lowest BCUT2D eigenvalue weighted by Crippen LogP contribution is -2.33. The summed E-state index contributed by atoms with van der Waals surface area (Å²) in [6.45, 7) is 4.43. The molecule has 0 rings (SSSR count). The van der Waals surface area contributed by atoms with E-state index in [-0.39, 0.29) is 0 Å². The van der Waals surface area contributed by atoms with Crippen LogP contribution in [0.15, 0.2) is 0 Å². The highest BCUT2D eigenvalue weighted by molar-refractivity contribution is 7.93. The van der Waals surface area contributed by atoms with Gasteiger partial charge in [-0.3, -0.25) is 4.79 Å². The lowest BCUT2D eigenvalue weighted by atomic mass is 10.3. The fraction of sp³-hybridized carbons (Fsp3) is 0.833. The lowest BCUT2D eigenvalue weighted by Gasteiger charge is -2.16. The van der Waals surface area contributed by atoms with Crippen molar-refractivity contribution in [3.8, 4) is 0 Å². The zero-order valence-electron chi connectivity index (χ0n) is 6.79.